The highest BCUT2D eigenvalue weighted by Crippen LogP contribution is 2.66. The minimum Gasteiger partial charge on any atom is -0.455 e. The number of hydrogen-bond donors (Lipinski definition) is 2. The van der Waals surface area contributed by atoms with Crippen LogP contribution in [0, 0.1) is 22.7 Å². The van der Waals surface area contributed by atoms with Crippen molar-refractivity contribution in [2.24, 2.45) is 22.7 Å². The molecule has 2 N–H and O–H groups in total. The Morgan fingerprint density at radius 1 is 1.07 bits per heavy atom. The van der Waals surface area contributed by atoms with Gasteiger partial charge in [0.2, 0.25) is 0 Å². The van der Waals surface area contributed by atoms with Gasteiger partial charge in [0.25, 0.3) is 0 Å². The molecule has 2 saturated carbocycles. The lowest BCUT2D eigenvalue weighted by Gasteiger charge is -2.69. The number of rotatable bonds is 5. The molecular formula is C32H44O9. The first kappa shape index (κ1) is 30.2. The lowest BCUT2D eigenvalue weighted by Crippen LogP contribution is -2.81. The number of hydrogen-bond acceptors (Lipinski definition) is 9. The summed E-state index contributed by atoms with van der Waals surface area (Å²) < 4.78 is 30.6. The number of aliphatic hydroxyl groups is 2. The SMILES string of the molecule is COC1CC2(O)C(OC(=O)c3ccccc3)C3C4(OC(C)=O)COC4C[C@H](C)[C@@]3(C)C(O)C(OC)C(=C1C)C2(C)C. The third-order valence-corrected chi connectivity index (χ3v) is 11.1. The summed E-state index contributed by atoms with van der Waals surface area (Å²) in [6.45, 7) is 11.1. The molecule has 3 aliphatic carbocycles. The summed E-state index contributed by atoms with van der Waals surface area (Å²) in [7, 11) is 3.12. The van der Waals surface area contributed by atoms with Crippen LogP contribution in [0.4, 0.5) is 0 Å². The van der Waals surface area contributed by atoms with Crippen LogP contribution in [0.2, 0.25) is 0 Å². The normalized spacial score (nSPS) is 43.0. The molecule has 2 bridgehead atoms. The van der Waals surface area contributed by atoms with Gasteiger partial charge >= 0.3 is 11.9 Å². The zero-order valence-electron chi connectivity index (χ0n) is 25.3. The van der Waals surface area contributed by atoms with E-state index in [2.05, 4.69) is 0 Å². The maximum Gasteiger partial charge on any atom is 0.338 e. The lowest BCUT2D eigenvalue weighted by molar-refractivity contribution is -0.359. The molecule has 8 unspecified atom stereocenters. The predicted octanol–water partition coefficient (Wildman–Crippen LogP) is 3.46. The summed E-state index contributed by atoms with van der Waals surface area (Å²) >= 11 is 0. The molecule has 10 atom stereocenters. The van der Waals surface area contributed by atoms with Gasteiger partial charge in [0.05, 0.1) is 30.3 Å². The summed E-state index contributed by atoms with van der Waals surface area (Å²) in [5.74, 6) is -2.15. The van der Waals surface area contributed by atoms with Gasteiger partial charge in [-0.3, -0.25) is 4.79 Å². The van der Waals surface area contributed by atoms with Crippen LogP contribution < -0.4 is 0 Å². The van der Waals surface area contributed by atoms with E-state index in [1.807, 2.05) is 34.6 Å². The molecule has 0 aromatic heterocycles. The van der Waals surface area contributed by atoms with E-state index in [4.69, 9.17) is 23.7 Å². The van der Waals surface area contributed by atoms with E-state index in [1.54, 1.807) is 44.6 Å². The van der Waals surface area contributed by atoms with Gasteiger partial charge in [0.1, 0.15) is 23.9 Å². The average molecular weight is 573 g/mol. The second-order valence-electron chi connectivity index (χ2n) is 13.2. The zero-order valence-corrected chi connectivity index (χ0v) is 25.3. The first-order valence-electron chi connectivity index (χ1n) is 14.4. The number of esters is 2. The second kappa shape index (κ2) is 10.2. The molecule has 41 heavy (non-hydrogen) atoms. The van der Waals surface area contributed by atoms with Gasteiger partial charge in [-0.05, 0) is 42.5 Å². The molecule has 9 nitrogen and oxygen atoms in total. The molecule has 4 aliphatic rings. The van der Waals surface area contributed by atoms with E-state index in [-0.39, 0.29) is 18.9 Å². The Morgan fingerprint density at radius 3 is 2.27 bits per heavy atom. The topological polar surface area (TPSA) is 121 Å². The molecule has 3 fully saturated rings. The van der Waals surface area contributed by atoms with Gasteiger partial charge in [-0.25, -0.2) is 4.79 Å². The Hall–Kier alpha value is -2.30. The molecule has 1 saturated heterocycles. The van der Waals surface area contributed by atoms with Gasteiger partial charge in [0.15, 0.2) is 5.60 Å². The molecule has 1 heterocycles. The first-order chi connectivity index (χ1) is 19.2. The van der Waals surface area contributed by atoms with Crippen molar-refractivity contribution in [3.8, 4) is 0 Å². The Bertz CT molecular complexity index is 1230. The van der Waals surface area contributed by atoms with Crippen LogP contribution in [-0.2, 0) is 28.5 Å². The van der Waals surface area contributed by atoms with Crippen LogP contribution >= 0.6 is 0 Å². The largest absolute Gasteiger partial charge is 0.455 e. The van der Waals surface area contributed by atoms with E-state index < -0.39 is 70.4 Å². The number of methoxy groups -OCH3 is 2. The van der Waals surface area contributed by atoms with Crippen LogP contribution in [-0.4, -0.2) is 84.7 Å². The Kier molecular flexibility index (Phi) is 7.47. The number of fused-ring (bicyclic) bond motifs is 5. The van der Waals surface area contributed by atoms with Gasteiger partial charge in [-0.15, -0.1) is 0 Å². The highest BCUT2D eigenvalue weighted by molar-refractivity contribution is 5.89. The van der Waals surface area contributed by atoms with E-state index in [1.165, 1.54) is 6.92 Å². The molecule has 0 spiro atoms. The summed E-state index contributed by atoms with van der Waals surface area (Å²) in [5.41, 5.74) is -3.12. The minimum absolute atomic E-state index is 0.0555. The fraction of sp³-hybridized carbons (Fsp3) is 0.688. The molecule has 9 heteroatoms. The second-order valence-corrected chi connectivity index (χ2v) is 13.2. The Labute approximate surface area is 242 Å². The third kappa shape index (κ3) is 4.07. The first-order valence-corrected chi connectivity index (χ1v) is 14.4. The van der Waals surface area contributed by atoms with Crippen molar-refractivity contribution in [1.29, 1.82) is 0 Å². The maximum atomic E-state index is 13.8. The average Bonchev–Trinajstić information content (AvgIpc) is 2.92. The number of ether oxygens (including phenoxy) is 5. The van der Waals surface area contributed by atoms with E-state index in [0.717, 1.165) is 5.57 Å². The monoisotopic (exact) mass is 572 g/mol. The van der Waals surface area contributed by atoms with Crippen molar-refractivity contribution < 1.29 is 43.5 Å². The molecule has 1 aromatic rings. The summed E-state index contributed by atoms with van der Waals surface area (Å²) in [6.07, 6.45) is -3.52. The highest BCUT2D eigenvalue weighted by Gasteiger charge is 2.77. The van der Waals surface area contributed by atoms with Crippen LogP contribution in [0.5, 0.6) is 0 Å². The van der Waals surface area contributed by atoms with Gasteiger partial charge < -0.3 is 33.9 Å². The molecule has 1 aromatic carbocycles. The number of aliphatic hydroxyl groups excluding tert-OH is 1. The fourth-order valence-electron chi connectivity index (χ4n) is 8.65. The van der Waals surface area contributed by atoms with E-state index in [0.29, 0.717) is 17.6 Å². The third-order valence-electron chi connectivity index (χ3n) is 11.1. The van der Waals surface area contributed by atoms with Crippen LogP contribution in [0.1, 0.15) is 64.7 Å². The van der Waals surface area contributed by atoms with Gasteiger partial charge in [-0.2, -0.15) is 0 Å². The van der Waals surface area contributed by atoms with Crippen LogP contribution in [0.15, 0.2) is 41.5 Å². The van der Waals surface area contributed by atoms with Crippen molar-refractivity contribution in [1.82, 2.24) is 0 Å². The maximum absolute atomic E-state index is 13.8. The smallest absolute Gasteiger partial charge is 0.338 e. The zero-order chi connectivity index (χ0) is 30.1. The molecule has 5 rings (SSSR count). The van der Waals surface area contributed by atoms with E-state index in [9.17, 15) is 19.8 Å². The summed E-state index contributed by atoms with van der Waals surface area (Å²) in [5, 5.41) is 25.6. The predicted molar refractivity (Wildman–Crippen MR) is 149 cm³/mol. The summed E-state index contributed by atoms with van der Waals surface area (Å²) in [6, 6.07) is 8.61. The molecular weight excluding hydrogens is 528 g/mol. The Balaban J connectivity index is 1.83. The number of carbonyl (C=O) groups is 2. The van der Waals surface area contributed by atoms with Crippen LogP contribution in [0.3, 0.4) is 0 Å². The van der Waals surface area contributed by atoms with Gasteiger partial charge in [0, 0.05) is 38.4 Å². The van der Waals surface area contributed by atoms with Crippen molar-refractivity contribution in [3.05, 3.63) is 47.0 Å². The lowest BCUT2D eigenvalue weighted by atomic mass is 9.43. The Morgan fingerprint density at radius 2 is 1.73 bits per heavy atom. The number of carbonyl (C=O) groups excluding carboxylic acids is 2. The van der Waals surface area contributed by atoms with E-state index >= 15 is 0 Å². The van der Waals surface area contributed by atoms with Gasteiger partial charge in [-0.1, -0.05) is 45.9 Å². The van der Waals surface area contributed by atoms with Crippen molar-refractivity contribution in [2.45, 2.75) is 96.1 Å². The molecule has 1 aliphatic heterocycles. The fourth-order valence-corrected chi connectivity index (χ4v) is 8.65. The van der Waals surface area contributed by atoms with Crippen LogP contribution in [0.25, 0.3) is 0 Å². The summed E-state index contributed by atoms with van der Waals surface area (Å²) in [4.78, 5) is 26.5. The standard InChI is InChI=1S/C32H44O9/c1-17-14-22-31(16-39-22,41-19(3)33)25-27(40-28(35)20-12-10-9-11-13-20)32(36)15-21(37-7)18(2)23(29(32,4)5)24(38-8)26(34)30(17,25)6/h9-13,17,21-22,24-27,34,36H,14-16H2,1-8H3/t17-,21?,22?,24?,25?,26?,27?,30+,31?,32?/m0/s1. The number of benzene rings is 1. The molecule has 0 amide bonds. The molecule has 226 valence electrons. The van der Waals surface area contributed by atoms with Crippen molar-refractivity contribution >= 4 is 11.9 Å². The quantitative estimate of drug-likeness (QED) is 0.404. The minimum atomic E-state index is -1.71. The van der Waals surface area contributed by atoms with Crippen molar-refractivity contribution in [2.75, 3.05) is 20.8 Å². The highest BCUT2D eigenvalue weighted by atomic mass is 16.6. The molecule has 0 radical (unpaired) electrons. The van der Waals surface area contributed by atoms with Crippen molar-refractivity contribution in [3.63, 3.8) is 0 Å².